The molecule has 1 aromatic carbocycles. The van der Waals surface area contributed by atoms with E-state index in [9.17, 15) is 4.39 Å². The van der Waals surface area contributed by atoms with Crippen LogP contribution in [0.2, 0.25) is 5.02 Å². The zero-order valence-corrected chi connectivity index (χ0v) is 22.6. The molecule has 0 radical (unpaired) electrons. The molecular formula is C29H39ClFN5O. The smallest absolute Gasteiger partial charge is 0.225 e. The molecule has 1 saturated heterocycles. The number of piperidine rings is 1. The second kappa shape index (κ2) is 10.8. The van der Waals surface area contributed by atoms with Gasteiger partial charge in [-0.1, -0.05) is 37.1 Å². The number of anilines is 1. The van der Waals surface area contributed by atoms with Crippen LogP contribution >= 0.6 is 11.6 Å². The first kappa shape index (κ1) is 26.2. The van der Waals surface area contributed by atoms with E-state index in [-0.39, 0.29) is 16.9 Å². The first-order chi connectivity index (χ1) is 17.7. The molecule has 2 aliphatic carbocycles. The van der Waals surface area contributed by atoms with Gasteiger partial charge in [-0.05, 0) is 68.9 Å². The lowest BCUT2D eigenvalue weighted by Gasteiger charge is -2.33. The molecular weight excluding hydrogens is 489 g/mol. The van der Waals surface area contributed by atoms with Gasteiger partial charge in [0.2, 0.25) is 5.95 Å². The fourth-order valence-electron chi connectivity index (χ4n) is 6.35. The van der Waals surface area contributed by atoms with Gasteiger partial charge in [-0.25, -0.2) is 14.4 Å². The van der Waals surface area contributed by atoms with Crippen molar-refractivity contribution in [2.24, 2.45) is 17.6 Å². The molecule has 8 heteroatoms. The first-order valence-electron chi connectivity index (χ1n) is 13.6. The van der Waals surface area contributed by atoms with Crippen LogP contribution in [0, 0.1) is 17.7 Å². The van der Waals surface area contributed by atoms with Crippen LogP contribution in [0.15, 0.2) is 42.9 Å². The third kappa shape index (κ3) is 6.37. The van der Waals surface area contributed by atoms with E-state index in [1.807, 2.05) is 12.1 Å². The van der Waals surface area contributed by atoms with E-state index in [2.05, 4.69) is 33.7 Å². The quantitative estimate of drug-likeness (QED) is 0.416. The summed E-state index contributed by atoms with van der Waals surface area (Å²) in [6.07, 6.45) is 12.5. The van der Waals surface area contributed by atoms with Crippen LogP contribution in [0.3, 0.4) is 0 Å². The summed E-state index contributed by atoms with van der Waals surface area (Å²) < 4.78 is 20.7. The van der Waals surface area contributed by atoms with Crippen molar-refractivity contribution in [3.63, 3.8) is 0 Å². The van der Waals surface area contributed by atoms with Crippen molar-refractivity contribution in [3.05, 3.63) is 59.3 Å². The van der Waals surface area contributed by atoms with Crippen molar-refractivity contribution in [1.29, 1.82) is 0 Å². The third-order valence-electron chi connectivity index (χ3n) is 8.63. The number of halogens is 2. The maximum atomic E-state index is 14.8. The maximum Gasteiger partial charge on any atom is 0.225 e. The summed E-state index contributed by atoms with van der Waals surface area (Å²) in [5.41, 5.74) is 8.13. The second-order valence-electron chi connectivity index (χ2n) is 11.6. The number of rotatable bonds is 10. The van der Waals surface area contributed by atoms with Crippen molar-refractivity contribution in [3.8, 4) is 5.75 Å². The Morgan fingerprint density at radius 3 is 2.62 bits per heavy atom. The van der Waals surface area contributed by atoms with E-state index in [4.69, 9.17) is 22.1 Å². The van der Waals surface area contributed by atoms with Crippen molar-refractivity contribution >= 4 is 17.5 Å². The minimum absolute atomic E-state index is 0.0948. The number of aromatic nitrogens is 2. The molecule has 1 aromatic heterocycles. The van der Waals surface area contributed by atoms with Gasteiger partial charge >= 0.3 is 0 Å². The molecule has 0 bridgehead atoms. The average Bonchev–Trinajstić information content (AvgIpc) is 3.36. The summed E-state index contributed by atoms with van der Waals surface area (Å²) >= 11 is 5.91. The fraction of sp³-hybridized carbons (Fsp3) is 0.586. The Morgan fingerprint density at radius 2 is 1.95 bits per heavy atom. The van der Waals surface area contributed by atoms with E-state index in [1.54, 1.807) is 12.4 Å². The van der Waals surface area contributed by atoms with Gasteiger partial charge < -0.3 is 20.7 Å². The Hall–Kier alpha value is -2.38. The Labute approximate surface area is 224 Å². The van der Waals surface area contributed by atoms with Gasteiger partial charge in [0.1, 0.15) is 11.6 Å². The standard InChI is InChI=1S/C29H39ClFN5O/c1-20(35-28(2)9-3-4-10-28)15-22-5-6-24(16-26(22)31)37-14-11-29(32)17-25(29)21-7-12-36(13-8-21)27-33-18-23(30)19-34-27/h5-6,16,18-19,21,25,35H,1,3-4,7-15,17,32H2,2H3/t25-,29+/m1/s1. The van der Waals surface area contributed by atoms with Crippen LogP contribution in [0.4, 0.5) is 10.3 Å². The van der Waals surface area contributed by atoms with Crippen molar-refractivity contribution in [1.82, 2.24) is 15.3 Å². The van der Waals surface area contributed by atoms with Gasteiger partial charge in [-0.3, -0.25) is 0 Å². The van der Waals surface area contributed by atoms with Gasteiger partial charge in [0.05, 0.1) is 24.0 Å². The number of allylic oxidation sites excluding steroid dienone is 1. The third-order valence-corrected chi connectivity index (χ3v) is 8.82. The normalized spacial score (nSPS) is 25.2. The van der Waals surface area contributed by atoms with Gasteiger partial charge in [0.25, 0.3) is 0 Å². The highest BCUT2D eigenvalue weighted by molar-refractivity contribution is 6.30. The van der Waals surface area contributed by atoms with Gasteiger partial charge in [-0.15, -0.1) is 0 Å². The van der Waals surface area contributed by atoms with E-state index >= 15 is 0 Å². The predicted octanol–water partition coefficient (Wildman–Crippen LogP) is 5.65. The SMILES string of the molecule is C=C(Cc1ccc(OCC[C@]2(N)C[C@@H]2C2CCN(c3ncc(Cl)cn3)CC2)cc1F)NC1(C)CCCC1. The van der Waals surface area contributed by atoms with E-state index in [0.717, 1.165) is 63.3 Å². The Balaban J connectivity index is 1.05. The lowest BCUT2D eigenvalue weighted by Crippen LogP contribution is -2.38. The Kier molecular flexibility index (Phi) is 7.64. The summed E-state index contributed by atoms with van der Waals surface area (Å²) in [6, 6.07) is 5.15. The highest BCUT2D eigenvalue weighted by Gasteiger charge is 2.54. The number of ether oxygens (including phenoxy) is 1. The zero-order chi connectivity index (χ0) is 26.0. The minimum Gasteiger partial charge on any atom is -0.493 e. The Morgan fingerprint density at radius 1 is 1.24 bits per heavy atom. The summed E-state index contributed by atoms with van der Waals surface area (Å²) in [5.74, 6) is 2.18. The van der Waals surface area contributed by atoms with Crippen LogP contribution in [0.25, 0.3) is 0 Å². The summed E-state index contributed by atoms with van der Waals surface area (Å²) in [7, 11) is 0. The molecule has 200 valence electrons. The summed E-state index contributed by atoms with van der Waals surface area (Å²) in [6.45, 7) is 8.73. The molecule has 0 unspecified atom stereocenters. The number of hydrogen-bond donors (Lipinski definition) is 2. The molecule has 2 saturated carbocycles. The lowest BCUT2D eigenvalue weighted by molar-refractivity contribution is 0.269. The molecule has 37 heavy (non-hydrogen) atoms. The molecule has 0 amide bonds. The fourth-order valence-corrected chi connectivity index (χ4v) is 6.44. The molecule has 2 aromatic rings. The van der Waals surface area contributed by atoms with Crippen molar-refractivity contribution in [2.75, 3.05) is 24.6 Å². The zero-order valence-electron chi connectivity index (χ0n) is 21.8. The molecule has 3 aliphatic rings. The number of nitrogens with one attached hydrogen (secondary N) is 1. The summed E-state index contributed by atoms with van der Waals surface area (Å²) in [4.78, 5) is 10.9. The summed E-state index contributed by atoms with van der Waals surface area (Å²) in [5, 5.41) is 4.08. The first-order valence-corrected chi connectivity index (χ1v) is 14.0. The van der Waals surface area contributed by atoms with Gasteiger partial charge in [0, 0.05) is 42.4 Å². The minimum atomic E-state index is -0.250. The van der Waals surface area contributed by atoms with Crippen molar-refractivity contribution < 1.29 is 9.13 Å². The van der Waals surface area contributed by atoms with Crippen LogP contribution in [-0.2, 0) is 6.42 Å². The number of nitrogens with two attached hydrogens (primary N) is 1. The topological polar surface area (TPSA) is 76.3 Å². The molecule has 2 heterocycles. The highest BCUT2D eigenvalue weighted by atomic mass is 35.5. The monoisotopic (exact) mass is 527 g/mol. The van der Waals surface area contributed by atoms with Crippen molar-refractivity contribution in [2.45, 2.75) is 75.8 Å². The highest BCUT2D eigenvalue weighted by Crippen LogP contribution is 2.51. The van der Waals surface area contributed by atoms with Crippen LogP contribution in [0.1, 0.15) is 63.9 Å². The maximum absolute atomic E-state index is 14.8. The molecule has 6 nitrogen and oxygen atoms in total. The largest absolute Gasteiger partial charge is 0.493 e. The average molecular weight is 528 g/mol. The van der Waals surface area contributed by atoms with Crippen LogP contribution < -0.4 is 20.7 Å². The molecule has 3 fully saturated rings. The van der Waals surface area contributed by atoms with E-state index in [0.29, 0.717) is 41.2 Å². The molecule has 1 aliphatic heterocycles. The molecule has 0 spiro atoms. The Bertz CT molecular complexity index is 1100. The number of nitrogens with zero attached hydrogens (tertiary/aromatic N) is 3. The van der Waals surface area contributed by atoms with E-state index < -0.39 is 0 Å². The molecule has 3 N–H and O–H groups in total. The van der Waals surface area contributed by atoms with Crippen LogP contribution in [0.5, 0.6) is 5.75 Å². The lowest BCUT2D eigenvalue weighted by atomic mass is 9.89. The van der Waals surface area contributed by atoms with Gasteiger partial charge in [0.15, 0.2) is 0 Å². The second-order valence-corrected chi connectivity index (χ2v) is 12.0. The van der Waals surface area contributed by atoms with Gasteiger partial charge in [-0.2, -0.15) is 0 Å². The van der Waals surface area contributed by atoms with E-state index in [1.165, 1.54) is 18.9 Å². The predicted molar refractivity (Wildman–Crippen MR) is 146 cm³/mol. The molecule has 5 rings (SSSR count). The number of hydrogen-bond acceptors (Lipinski definition) is 6. The molecule has 2 atom stereocenters. The number of benzene rings is 1. The van der Waals surface area contributed by atoms with Crippen LogP contribution in [-0.4, -0.2) is 40.7 Å².